The number of rotatable bonds is 3. The third-order valence-corrected chi connectivity index (χ3v) is 5.22. The lowest BCUT2D eigenvalue weighted by molar-refractivity contribution is 0.0254. The number of nitrogens with one attached hydrogen (secondary N) is 1. The molecule has 3 rings (SSSR count). The largest absolute Gasteiger partial charge is 0.378 e. The van der Waals surface area contributed by atoms with Crippen molar-refractivity contribution in [3.8, 4) is 0 Å². The Morgan fingerprint density at radius 2 is 2.11 bits per heavy atom. The Kier molecular flexibility index (Phi) is 3.92. The number of nitrogens with zero attached hydrogens (tertiary/aromatic N) is 1. The number of hydrogen-bond donors (Lipinski definition) is 1. The van der Waals surface area contributed by atoms with Crippen LogP contribution in [0.2, 0.25) is 0 Å². The van der Waals surface area contributed by atoms with E-state index in [1.165, 1.54) is 64.6 Å². The monoisotopic (exact) mass is 252 g/mol. The fourth-order valence-electron chi connectivity index (χ4n) is 4.09. The van der Waals surface area contributed by atoms with Crippen LogP contribution in [-0.4, -0.2) is 48.8 Å². The van der Waals surface area contributed by atoms with Gasteiger partial charge < -0.3 is 10.1 Å². The Balaban J connectivity index is 1.58. The molecule has 1 spiro atoms. The summed E-state index contributed by atoms with van der Waals surface area (Å²) in [4.78, 5) is 2.79. The van der Waals surface area contributed by atoms with Crippen molar-refractivity contribution in [1.82, 2.24) is 10.2 Å². The van der Waals surface area contributed by atoms with E-state index in [1.54, 1.807) is 0 Å². The summed E-state index contributed by atoms with van der Waals surface area (Å²) in [5, 5.41) is 3.70. The van der Waals surface area contributed by atoms with Gasteiger partial charge in [0, 0.05) is 37.8 Å². The van der Waals surface area contributed by atoms with Gasteiger partial charge in [0.15, 0.2) is 0 Å². The standard InChI is InChI=1S/C15H28N2O/c1-13-11-17(9-6-14-5-4-10-18-14)15(12-16-13)7-2-3-8-15/h13-14,16H,2-12H2,1H3. The van der Waals surface area contributed by atoms with Crippen molar-refractivity contribution < 1.29 is 4.74 Å². The van der Waals surface area contributed by atoms with Crippen LogP contribution < -0.4 is 5.32 Å². The van der Waals surface area contributed by atoms with E-state index in [1.807, 2.05) is 0 Å². The topological polar surface area (TPSA) is 24.5 Å². The maximum absolute atomic E-state index is 5.78. The Bertz CT molecular complexity index is 270. The average Bonchev–Trinajstić information content (AvgIpc) is 3.03. The van der Waals surface area contributed by atoms with Crippen molar-refractivity contribution in [2.75, 3.05) is 26.2 Å². The molecule has 1 aliphatic carbocycles. The molecule has 0 amide bonds. The molecule has 0 aromatic carbocycles. The first-order valence-corrected chi connectivity index (χ1v) is 7.89. The molecule has 3 aliphatic rings. The molecule has 0 bridgehead atoms. The van der Waals surface area contributed by atoms with Gasteiger partial charge in [-0.05, 0) is 39.0 Å². The second kappa shape index (κ2) is 5.48. The zero-order valence-corrected chi connectivity index (χ0v) is 11.8. The predicted octanol–water partition coefficient (Wildman–Crippen LogP) is 2.16. The molecule has 18 heavy (non-hydrogen) atoms. The average molecular weight is 252 g/mol. The zero-order chi connectivity index (χ0) is 12.4. The maximum Gasteiger partial charge on any atom is 0.0588 e. The highest BCUT2D eigenvalue weighted by molar-refractivity contribution is 5.01. The molecule has 0 aromatic heterocycles. The summed E-state index contributed by atoms with van der Waals surface area (Å²) in [5.41, 5.74) is 0.491. The van der Waals surface area contributed by atoms with Gasteiger partial charge >= 0.3 is 0 Å². The quantitative estimate of drug-likeness (QED) is 0.833. The smallest absolute Gasteiger partial charge is 0.0588 e. The van der Waals surface area contributed by atoms with Crippen molar-refractivity contribution in [2.24, 2.45) is 0 Å². The van der Waals surface area contributed by atoms with E-state index in [9.17, 15) is 0 Å². The van der Waals surface area contributed by atoms with Crippen LogP contribution >= 0.6 is 0 Å². The molecule has 2 unspecified atom stereocenters. The minimum absolute atomic E-state index is 0.491. The summed E-state index contributed by atoms with van der Waals surface area (Å²) in [6.07, 6.45) is 10.0. The van der Waals surface area contributed by atoms with Crippen molar-refractivity contribution in [3.63, 3.8) is 0 Å². The van der Waals surface area contributed by atoms with Gasteiger partial charge in [-0.15, -0.1) is 0 Å². The third-order valence-electron chi connectivity index (χ3n) is 5.22. The lowest BCUT2D eigenvalue weighted by atomic mass is 9.90. The maximum atomic E-state index is 5.78. The minimum Gasteiger partial charge on any atom is -0.378 e. The van der Waals surface area contributed by atoms with Crippen LogP contribution in [0.4, 0.5) is 0 Å². The molecule has 1 saturated carbocycles. The molecule has 104 valence electrons. The summed E-state index contributed by atoms with van der Waals surface area (Å²) in [5.74, 6) is 0. The van der Waals surface area contributed by atoms with Gasteiger partial charge in [0.25, 0.3) is 0 Å². The van der Waals surface area contributed by atoms with Crippen LogP contribution in [-0.2, 0) is 4.74 Å². The van der Waals surface area contributed by atoms with Gasteiger partial charge in [-0.1, -0.05) is 12.8 Å². The summed E-state index contributed by atoms with van der Waals surface area (Å²) in [6, 6.07) is 0.653. The first-order chi connectivity index (χ1) is 8.78. The highest BCUT2D eigenvalue weighted by Gasteiger charge is 2.42. The molecule has 3 nitrogen and oxygen atoms in total. The van der Waals surface area contributed by atoms with Gasteiger partial charge in [-0.25, -0.2) is 0 Å². The van der Waals surface area contributed by atoms with Crippen LogP contribution in [0.25, 0.3) is 0 Å². The van der Waals surface area contributed by atoms with Crippen LogP contribution in [0.1, 0.15) is 51.9 Å². The molecular weight excluding hydrogens is 224 g/mol. The molecule has 0 radical (unpaired) electrons. The van der Waals surface area contributed by atoms with E-state index >= 15 is 0 Å². The number of ether oxygens (including phenoxy) is 1. The first-order valence-electron chi connectivity index (χ1n) is 7.89. The lowest BCUT2D eigenvalue weighted by Crippen LogP contribution is -2.63. The van der Waals surface area contributed by atoms with Gasteiger partial charge in [-0.2, -0.15) is 0 Å². The van der Waals surface area contributed by atoms with E-state index < -0.39 is 0 Å². The lowest BCUT2D eigenvalue weighted by Gasteiger charge is -2.48. The van der Waals surface area contributed by atoms with Crippen molar-refractivity contribution in [3.05, 3.63) is 0 Å². The molecule has 3 fully saturated rings. The summed E-state index contributed by atoms with van der Waals surface area (Å²) < 4.78 is 5.78. The summed E-state index contributed by atoms with van der Waals surface area (Å²) in [7, 11) is 0. The Labute approximate surface area is 111 Å². The highest BCUT2D eigenvalue weighted by atomic mass is 16.5. The van der Waals surface area contributed by atoms with Gasteiger partial charge in [0.1, 0.15) is 0 Å². The van der Waals surface area contributed by atoms with Crippen molar-refractivity contribution >= 4 is 0 Å². The first kappa shape index (κ1) is 12.9. The van der Waals surface area contributed by atoms with E-state index in [-0.39, 0.29) is 0 Å². The van der Waals surface area contributed by atoms with Crippen LogP contribution in [0.15, 0.2) is 0 Å². The number of piperazine rings is 1. The van der Waals surface area contributed by atoms with E-state index in [0.717, 1.165) is 6.61 Å². The van der Waals surface area contributed by atoms with Crippen LogP contribution in [0.5, 0.6) is 0 Å². The van der Waals surface area contributed by atoms with E-state index in [4.69, 9.17) is 4.74 Å². The third kappa shape index (κ3) is 2.59. The second-order valence-corrected chi connectivity index (χ2v) is 6.58. The fraction of sp³-hybridized carbons (Fsp3) is 1.00. The molecule has 2 aliphatic heterocycles. The molecular formula is C15H28N2O. The summed E-state index contributed by atoms with van der Waals surface area (Å²) >= 11 is 0. The van der Waals surface area contributed by atoms with Gasteiger partial charge in [-0.3, -0.25) is 4.90 Å². The second-order valence-electron chi connectivity index (χ2n) is 6.58. The number of hydrogen-bond acceptors (Lipinski definition) is 3. The molecule has 0 aromatic rings. The summed E-state index contributed by atoms with van der Waals surface area (Å²) in [6.45, 7) is 7.00. The van der Waals surface area contributed by atoms with E-state index in [2.05, 4.69) is 17.1 Å². The fourth-order valence-corrected chi connectivity index (χ4v) is 4.09. The molecule has 1 N–H and O–H groups in total. The minimum atomic E-state index is 0.491. The SMILES string of the molecule is CC1CN(CCC2CCCO2)C2(CCCC2)CN1. The van der Waals surface area contributed by atoms with Crippen LogP contribution in [0.3, 0.4) is 0 Å². The highest BCUT2D eigenvalue weighted by Crippen LogP contribution is 2.37. The molecule has 2 atom stereocenters. The van der Waals surface area contributed by atoms with Crippen LogP contribution in [0, 0.1) is 0 Å². The van der Waals surface area contributed by atoms with Gasteiger partial charge in [0.2, 0.25) is 0 Å². The Morgan fingerprint density at radius 1 is 1.28 bits per heavy atom. The predicted molar refractivity (Wildman–Crippen MR) is 73.8 cm³/mol. The zero-order valence-electron chi connectivity index (χ0n) is 11.8. The van der Waals surface area contributed by atoms with Crippen molar-refractivity contribution in [2.45, 2.75) is 69.6 Å². The van der Waals surface area contributed by atoms with E-state index in [0.29, 0.717) is 17.7 Å². The Morgan fingerprint density at radius 3 is 2.83 bits per heavy atom. The molecule has 2 heterocycles. The Hall–Kier alpha value is -0.120. The molecule has 3 heteroatoms. The van der Waals surface area contributed by atoms with Gasteiger partial charge in [0.05, 0.1) is 6.10 Å². The molecule has 2 saturated heterocycles. The normalized spacial score (nSPS) is 36.5. The van der Waals surface area contributed by atoms with Crippen molar-refractivity contribution in [1.29, 1.82) is 0 Å².